The highest BCUT2D eigenvalue weighted by Crippen LogP contribution is 2.18. The second-order valence-corrected chi connectivity index (χ2v) is 4.87. The van der Waals surface area contributed by atoms with Crippen molar-refractivity contribution in [3.8, 4) is 0 Å². The summed E-state index contributed by atoms with van der Waals surface area (Å²) in [5.74, 6) is -5.52. The minimum Gasteiger partial charge on any atom is -0.478 e. The van der Waals surface area contributed by atoms with Gasteiger partial charge in [-0.3, -0.25) is 9.59 Å². The van der Waals surface area contributed by atoms with E-state index in [1.54, 1.807) is 5.32 Å². The summed E-state index contributed by atoms with van der Waals surface area (Å²) in [6, 6.07) is 3.66. The number of hydrogen-bond acceptors (Lipinski definition) is 4. The number of amides is 2. The molecule has 1 rings (SSSR count). The monoisotopic (exact) mass is 424 g/mol. The minimum absolute atomic E-state index is 0.0339. The van der Waals surface area contributed by atoms with Gasteiger partial charge >= 0.3 is 30.1 Å². The maximum atomic E-state index is 11.9. The van der Waals surface area contributed by atoms with Crippen LogP contribution in [0.25, 0.3) is 0 Å². The first kappa shape index (κ1) is 24.5. The van der Waals surface area contributed by atoms with Gasteiger partial charge in [0.15, 0.2) is 0 Å². The molecule has 0 unspecified atom stereocenters. The van der Waals surface area contributed by atoms with Gasteiger partial charge in [0.25, 0.3) is 0 Å². The summed E-state index contributed by atoms with van der Waals surface area (Å²) in [5, 5.41) is 19.3. The lowest BCUT2D eigenvalue weighted by Gasteiger charge is -2.08. The molecule has 0 bridgehead atoms. The Kier molecular flexibility index (Phi) is 9.03. The average Bonchev–Trinajstić information content (AvgIpc) is 2.52. The van der Waals surface area contributed by atoms with Gasteiger partial charge in [0, 0.05) is 6.54 Å². The molecule has 1 aromatic rings. The predicted octanol–water partition coefficient (Wildman–Crippen LogP) is 1.83. The molecule has 7 nitrogen and oxygen atoms in total. The molecule has 0 heterocycles. The van der Waals surface area contributed by atoms with E-state index in [4.69, 9.17) is 21.8 Å². The first-order valence-electron chi connectivity index (χ1n) is 6.52. The Morgan fingerprint density at radius 2 is 1.44 bits per heavy atom. The number of halogens is 7. The van der Waals surface area contributed by atoms with Crippen molar-refractivity contribution in [1.82, 2.24) is 10.6 Å². The van der Waals surface area contributed by atoms with Gasteiger partial charge in [0.2, 0.25) is 0 Å². The highest BCUT2D eigenvalue weighted by Gasteiger charge is 2.38. The lowest BCUT2D eigenvalue weighted by Crippen LogP contribution is -2.37. The molecule has 14 heteroatoms. The molecule has 0 fully saturated rings. The number of benzene rings is 1. The van der Waals surface area contributed by atoms with Crippen molar-refractivity contribution in [1.29, 1.82) is 0 Å². The zero-order valence-electron chi connectivity index (χ0n) is 12.9. The maximum absolute atomic E-state index is 11.9. The van der Waals surface area contributed by atoms with E-state index in [0.29, 0.717) is 0 Å². The fourth-order valence-corrected chi connectivity index (χ4v) is 1.50. The number of hydrogen-bond donors (Lipinski definition) is 4. The molecule has 2 amide bonds. The molecular formula is C13H11ClF6N2O5. The number of aliphatic hydroxyl groups excluding tert-OH is 1. The molecule has 1 aromatic carbocycles. The molecule has 0 atom stereocenters. The van der Waals surface area contributed by atoms with Crippen LogP contribution in [0.3, 0.4) is 0 Å². The van der Waals surface area contributed by atoms with Crippen LogP contribution in [0.4, 0.5) is 26.3 Å². The smallest absolute Gasteiger partial charge is 0.471 e. The van der Waals surface area contributed by atoms with Crippen LogP contribution in [0.15, 0.2) is 18.2 Å². The number of rotatable bonds is 4. The van der Waals surface area contributed by atoms with Gasteiger partial charge in [-0.25, -0.2) is 4.79 Å². The number of alkyl halides is 6. The van der Waals surface area contributed by atoms with Crippen molar-refractivity contribution >= 4 is 29.4 Å². The van der Waals surface area contributed by atoms with Crippen LogP contribution in [-0.2, 0) is 16.1 Å². The Hall–Kier alpha value is -2.54. The minimum atomic E-state index is -4.97. The number of carbonyl (C=O) groups excluding carboxylic acids is 2. The largest absolute Gasteiger partial charge is 0.478 e. The number of carboxylic acids is 1. The van der Waals surface area contributed by atoms with Gasteiger partial charge in [-0.2, -0.15) is 26.3 Å². The molecule has 0 radical (unpaired) electrons. The van der Waals surface area contributed by atoms with Gasteiger partial charge in [0.05, 0.1) is 10.6 Å². The van der Waals surface area contributed by atoms with Crippen molar-refractivity contribution in [2.75, 3.05) is 6.73 Å². The number of aromatic carboxylic acids is 1. The Morgan fingerprint density at radius 1 is 0.963 bits per heavy atom. The summed E-state index contributed by atoms with van der Waals surface area (Å²) in [5.41, 5.74) is -0.0372. The molecule has 0 aliphatic carbocycles. The molecule has 0 aromatic heterocycles. The van der Waals surface area contributed by atoms with Gasteiger partial charge in [-0.15, -0.1) is 0 Å². The zero-order valence-corrected chi connectivity index (χ0v) is 13.7. The van der Waals surface area contributed by atoms with E-state index >= 15 is 0 Å². The zero-order chi connectivity index (χ0) is 21.4. The number of carboxylic acid groups (broad SMARTS) is 1. The van der Waals surface area contributed by atoms with Crippen LogP contribution in [-0.4, -0.2) is 47.1 Å². The summed E-state index contributed by atoms with van der Waals surface area (Å²) < 4.78 is 69.0. The van der Waals surface area contributed by atoms with Crippen LogP contribution < -0.4 is 10.6 Å². The Balaban J connectivity index is 0.000000636. The average molecular weight is 425 g/mol. The fraction of sp³-hybridized carbons (Fsp3) is 0.308. The Labute approximate surface area is 151 Å². The normalized spacial score (nSPS) is 11.1. The molecular weight excluding hydrogens is 414 g/mol. The summed E-state index contributed by atoms with van der Waals surface area (Å²) in [4.78, 5) is 30.9. The van der Waals surface area contributed by atoms with Crippen LogP contribution in [0.5, 0.6) is 0 Å². The molecule has 4 N–H and O–H groups in total. The molecule has 0 aliphatic rings. The summed E-state index contributed by atoms with van der Waals surface area (Å²) >= 11 is 5.58. The molecule has 0 saturated heterocycles. The van der Waals surface area contributed by atoms with Crippen molar-refractivity contribution in [3.05, 3.63) is 34.3 Å². The van der Waals surface area contributed by atoms with Crippen LogP contribution >= 0.6 is 11.6 Å². The number of nitrogens with one attached hydrogen (secondary N) is 2. The van der Waals surface area contributed by atoms with Crippen molar-refractivity contribution < 1.29 is 50.9 Å². The maximum Gasteiger partial charge on any atom is 0.471 e. The van der Waals surface area contributed by atoms with Crippen LogP contribution in [0, 0.1) is 0 Å². The summed E-state index contributed by atoms with van der Waals surface area (Å²) in [7, 11) is 0. The summed E-state index contributed by atoms with van der Waals surface area (Å²) in [6.07, 6.45) is -9.87. The quantitative estimate of drug-likeness (QED) is 0.435. The van der Waals surface area contributed by atoms with Gasteiger partial charge < -0.3 is 20.8 Å². The van der Waals surface area contributed by atoms with E-state index in [-0.39, 0.29) is 16.1 Å². The first-order chi connectivity index (χ1) is 12.2. The SMILES string of the molecule is O=C(NCO)C(F)(F)F.O=C(O)c1cc(CNC(=O)C(F)(F)F)ccc1Cl. The number of carbonyl (C=O) groups is 3. The first-order valence-corrected chi connectivity index (χ1v) is 6.90. The standard InChI is InChI=1S/C10H7ClF3NO3.C3H4F3NO2/c11-7-2-1-5(3-6(7)8(16)17)4-15-9(18)10(12,13)14;4-3(5,6)2(9)7-1-8/h1-3H,4H2,(H,15,18)(H,16,17);8H,1H2,(H,7,9). The van der Waals surface area contributed by atoms with Crippen molar-refractivity contribution in [3.63, 3.8) is 0 Å². The predicted molar refractivity (Wildman–Crippen MR) is 77.6 cm³/mol. The van der Waals surface area contributed by atoms with E-state index in [0.717, 1.165) is 6.07 Å². The molecule has 152 valence electrons. The Morgan fingerprint density at radius 3 is 1.81 bits per heavy atom. The van der Waals surface area contributed by atoms with Crippen molar-refractivity contribution in [2.45, 2.75) is 18.9 Å². The van der Waals surface area contributed by atoms with Gasteiger partial charge in [-0.1, -0.05) is 17.7 Å². The van der Waals surface area contributed by atoms with Crippen LogP contribution in [0.2, 0.25) is 5.02 Å². The molecule has 0 saturated carbocycles. The fourth-order valence-electron chi connectivity index (χ4n) is 1.30. The second kappa shape index (κ2) is 9.97. The molecule has 0 spiro atoms. The van der Waals surface area contributed by atoms with Crippen molar-refractivity contribution in [2.24, 2.45) is 0 Å². The number of aliphatic hydroxyl groups is 1. The van der Waals surface area contributed by atoms with E-state index in [1.165, 1.54) is 17.4 Å². The van der Waals surface area contributed by atoms with Crippen LogP contribution in [0.1, 0.15) is 15.9 Å². The van der Waals surface area contributed by atoms with E-state index in [2.05, 4.69) is 0 Å². The highest BCUT2D eigenvalue weighted by molar-refractivity contribution is 6.33. The lowest BCUT2D eigenvalue weighted by atomic mass is 10.1. The second-order valence-electron chi connectivity index (χ2n) is 4.46. The van der Waals surface area contributed by atoms with E-state index in [1.807, 2.05) is 0 Å². The third kappa shape index (κ3) is 9.10. The third-order valence-corrected chi connectivity index (χ3v) is 2.80. The third-order valence-electron chi connectivity index (χ3n) is 2.47. The van der Waals surface area contributed by atoms with Gasteiger partial charge in [-0.05, 0) is 17.7 Å². The highest BCUT2D eigenvalue weighted by atomic mass is 35.5. The van der Waals surface area contributed by atoms with E-state index < -0.39 is 43.4 Å². The molecule has 0 aliphatic heterocycles. The topological polar surface area (TPSA) is 116 Å². The molecule has 27 heavy (non-hydrogen) atoms. The summed E-state index contributed by atoms with van der Waals surface area (Å²) in [6.45, 7) is -1.44. The van der Waals surface area contributed by atoms with E-state index in [9.17, 15) is 40.7 Å². The Bertz CT molecular complexity index is 693. The van der Waals surface area contributed by atoms with Gasteiger partial charge in [0.1, 0.15) is 6.73 Å². The lowest BCUT2D eigenvalue weighted by molar-refractivity contribution is -0.174.